The number of halogens is 1. The number of aliphatic hydroxyl groups is 1. The Hall–Kier alpha value is -0.340. The Balaban J connectivity index is 2.96. The van der Waals surface area contributed by atoms with Crippen molar-refractivity contribution in [1.82, 2.24) is 0 Å². The maximum Gasteiger partial charge on any atom is 0.0886 e. The monoisotopic (exact) mass is 228 g/mol. The van der Waals surface area contributed by atoms with Crippen LogP contribution in [0.3, 0.4) is 0 Å². The third-order valence-electron chi connectivity index (χ3n) is 2.06. The van der Waals surface area contributed by atoms with E-state index in [9.17, 15) is 5.11 Å². The molecule has 1 N–H and O–H groups in total. The molecular formula is C10H13BrO. The van der Waals surface area contributed by atoms with Crippen molar-refractivity contribution in [3.63, 3.8) is 0 Å². The molecule has 1 nitrogen and oxygen atoms in total. The van der Waals surface area contributed by atoms with Crippen LogP contribution in [-0.4, -0.2) is 10.4 Å². The fraction of sp³-hybridized carbons (Fsp3) is 0.400. The van der Waals surface area contributed by atoms with E-state index >= 15 is 0 Å². The van der Waals surface area contributed by atoms with Crippen LogP contribution in [0, 0.1) is 13.8 Å². The van der Waals surface area contributed by atoms with Crippen LogP contribution in [0.2, 0.25) is 0 Å². The molecule has 0 radical (unpaired) electrons. The second-order valence-electron chi connectivity index (χ2n) is 3.01. The molecule has 1 atom stereocenters. The van der Waals surface area contributed by atoms with Crippen LogP contribution in [0.5, 0.6) is 0 Å². The Morgan fingerprint density at radius 2 is 2.00 bits per heavy atom. The lowest BCUT2D eigenvalue weighted by Crippen LogP contribution is -1.98. The predicted molar refractivity (Wildman–Crippen MR) is 54.7 cm³/mol. The molecule has 0 aliphatic rings. The summed E-state index contributed by atoms with van der Waals surface area (Å²) in [5.41, 5.74) is 3.47. The molecular weight excluding hydrogens is 216 g/mol. The number of benzene rings is 1. The van der Waals surface area contributed by atoms with Gasteiger partial charge in [0, 0.05) is 5.33 Å². The van der Waals surface area contributed by atoms with Gasteiger partial charge in [-0.15, -0.1) is 0 Å². The third kappa shape index (κ3) is 2.08. The van der Waals surface area contributed by atoms with Gasteiger partial charge in [0.05, 0.1) is 6.10 Å². The second-order valence-corrected chi connectivity index (χ2v) is 3.66. The van der Waals surface area contributed by atoms with Gasteiger partial charge in [-0.05, 0) is 30.5 Å². The van der Waals surface area contributed by atoms with Crippen LogP contribution >= 0.6 is 15.9 Å². The van der Waals surface area contributed by atoms with E-state index in [4.69, 9.17) is 0 Å². The van der Waals surface area contributed by atoms with E-state index in [0.29, 0.717) is 5.33 Å². The molecule has 1 rings (SSSR count). The van der Waals surface area contributed by atoms with Gasteiger partial charge in [0.25, 0.3) is 0 Å². The fourth-order valence-corrected chi connectivity index (χ4v) is 1.43. The molecule has 66 valence electrons. The summed E-state index contributed by atoms with van der Waals surface area (Å²) in [6, 6.07) is 6.03. The molecule has 0 heterocycles. The molecule has 0 saturated heterocycles. The van der Waals surface area contributed by atoms with Crippen LogP contribution in [0.1, 0.15) is 22.8 Å². The third-order valence-corrected chi connectivity index (χ3v) is 2.68. The predicted octanol–water partition coefficient (Wildman–Crippen LogP) is 2.73. The number of rotatable bonds is 2. The van der Waals surface area contributed by atoms with E-state index in [1.807, 2.05) is 18.2 Å². The highest BCUT2D eigenvalue weighted by atomic mass is 79.9. The smallest absolute Gasteiger partial charge is 0.0886 e. The van der Waals surface area contributed by atoms with Crippen LogP contribution < -0.4 is 0 Å². The number of aryl methyl sites for hydroxylation is 2. The number of hydrogen-bond donors (Lipinski definition) is 1. The quantitative estimate of drug-likeness (QED) is 0.773. The van der Waals surface area contributed by atoms with Crippen molar-refractivity contribution in [3.8, 4) is 0 Å². The first-order valence-corrected chi connectivity index (χ1v) is 5.08. The first kappa shape index (κ1) is 9.75. The van der Waals surface area contributed by atoms with E-state index in [-0.39, 0.29) is 6.10 Å². The molecule has 0 bridgehead atoms. The molecule has 0 fully saturated rings. The Labute approximate surface area is 81.6 Å². The topological polar surface area (TPSA) is 20.2 Å². The maximum absolute atomic E-state index is 9.50. The Morgan fingerprint density at radius 3 is 2.50 bits per heavy atom. The summed E-state index contributed by atoms with van der Waals surface area (Å²) in [5.74, 6) is 0. The van der Waals surface area contributed by atoms with Gasteiger partial charge in [0.2, 0.25) is 0 Å². The maximum atomic E-state index is 9.50. The Bertz CT molecular complexity index is 271. The molecule has 2 heteroatoms. The van der Waals surface area contributed by atoms with Crippen LogP contribution in [0.4, 0.5) is 0 Å². The number of hydrogen-bond acceptors (Lipinski definition) is 1. The first-order valence-electron chi connectivity index (χ1n) is 3.96. The Kier molecular flexibility index (Phi) is 3.29. The summed E-state index contributed by atoms with van der Waals surface area (Å²) in [7, 11) is 0. The SMILES string of the molecule is Cc1ccc([C@H](O)CBr)cc1C. The highest BCUT2D eigenvalue weighted by molar-refractivity contribution is 9.09. The second kappa shape index (κ2) is 4.06. The standard InChI is InChI=1S/C10H13BrO/c1-7-3-4-9(5-8(7)2)10(12)6-11/h3-5,10,12H,6H2,1-2H3/t10-/m1/s1. The van der Waals surface area contributed by atoms with Crippen LogP contribution in [0.25, 0.3) is 0 Å². The summed E-state index contributed by atoms with van der Waals surface area (Å²) in [6.45, 7) is 4.12. The average molecular weight is 229 g/mol. The molecule has 1 aromatic rings. The van der Waals surface area contributed by atoms with Gasteiger partial charge in [-0.1, -0.05) is 34.1 Å². The van der Waals surface area contributed by atoms with E-state index < -0.39 is 0 Å². The van der Waals surface area contributed by atoms with Gasteiger partial charge < -0.3 is 5.11 Å². The van der Waals surface area contributed by atoms with Gasteiger partial charge in [0.1, 0.15) is 0 Å². The lowest BCUT2D eigenvalue weighted by Gasteiger charge is -2.09. The molecule has 0 aliphatic heterocycles. The lowest BCUT2D eigenvalue weighted by atomic mass is 10.0. The first-order chi connectivity index (χ1) is 5.65. The molecule has 0 spiro atoms. The van der Waals surface area contributed by atoms with Crippen LogP contribution in [-0.2, 0) is 0 Å². The van der Waals surface area contributed by atoms with Crippen molar-refractivity contribution in [2.75, 3.05) is 5.33 Å². The van der Waals surface area contributed by atoms with E-state index in [0.717, 1.165) is 5.56 Å². The average Bonchev–Trinajstić information content (AvgIpc) is 2.08. The summed E-state index contributed by atoms with van der Waals surface area (Å²) in [4.78, 5) is 0. The van der Waals surface area contributed by atoms with Crippen LogP contribution in [0.15, 0.2) is 18.2 Å². The molecule has 0 unspecified atom stereocenters. The van der Waals surface area contributed by atoms with E-state index in [2.05, 4.69) is 29.8 Å². The fourth-order valence-electron chi connectivity index (χ4n) is 1.06. The highest BCUT2D eigenvalue weighted by Crippen LogP contribution is 2.18. The molecule has 12 heavy (non-hydrogen) atoms. The van der Waals surface area contributed by atoms with Gasteiger partial charge in [0.15, 0.2) is 0 Å². The minimum absolute atomic E-state index is 0.385. The summed E-state index contributed by atoms with van der Waals surface area (Å²) in [5, 5.41) is 10.1. The zero-order chi connectivity index (χ0) is 9.14. The highest BCUT2D eigenvalue weighted by Gasteiger charge is 2.05. The van der Waals surface area contributed by atoms with Gasteiger partial charge >= 0.3 is 0 Å². The van der Waals surface area contributed by atoms with E-state index in [1.54, 1.807) is 0 Å². The number of alkyl halides is 1. The number of aliphatic hydroxyl groups excluding tert-OH is 1. The van der Waals surface area contributed by atoms with Crippen molar-refractivity contribution in [3.05, 3.63) is 34.9 Å². The van der Waals surface area contributed by atoms with Crippen molar-refractivity contribution in [1.29, 1.82) is 0 Å². The minimum Gasteiger partial charge on any atom is -0.388 e. The molecule has 1 aromatic carbocycles. The summed E-state index contributed by atoms with van der Waals surface area (Å²) < 4.78 is 0. The lowest BCUT2D eigenvalue weighted by molar-refractivity contribution is 0.205. The largest absolute Gasteiger partial charge is 0.388 e. The molecule has 0 amide bonds. The van der Waals surface area contributed by atoms with Gasteiger partial charge in [-0.25, -0.2) is 0 Å². The Morgan fingerprint density at radius 1 is 1.33 bits per heavy atom. The van der Waals surface area contributed by atoms with Gasteiger partial charge in [-0.3, -0.25) is 0 Å². The van der Waals surface area contributed by atoms with Crippen molar-refractivity contribution in [2.24, 2.45) is 0 Å². The van der Waals surface area contributed by atoms with Crippen molar-refractivity contribution >= 4 is 15.9 Å². The molecule has 0 aromatic heterocycles. The normalized spacial score (nSPS) is 13.0. The zero-order valence-electron chi connectivity index (χ0n) is 7.34. The molecule has 0 saturated carbocycles. The zero-order valence-corrected chi connectivity index (χ0v) is 8.93. The van der Waals surface area contributed by atoms with Crippen molar-refractivity contribution < 1.29 is 5.11 Å². The minimum atomic E-state index is -0.385. The summed E-state index contributed by atoms with van der Waals surface area (Å²) in [6.07, 6.45) is -0.385. The van der Waals surface area contributed by atoms with E-state index in [1.165, 1.54) is 11.1 Å². The van der Waals surface area contributed by atoms with Crippen molar-refractivity contribution in [2.45, 2.75) is 20.0 Å². The molecule has 0 aliphatic carbocycles. The summed E-state index contributed by atoms with van der Waals surface area (Å²) >= 11 is 3.24. The van der Waals surface area contributed by atoms with Gasteiger partial charge in [-0.2, -0.15) is 0 Å².